The lowest BCUT2D eigenvalue weighted by Crippen LogP contribution is -2.16. The van der Waals surface area contributed by atoms with Crippen molar-refractivity contribution in [1.29, 1.82) is 5.26 Å². The van der Waals surface area contributed by atoms with Crippen LogP contribution >= 0.6 is 0 Å². The Bertz CT molecular complexity index is 758. The zero-order valence-corrected chi connectivity index (χ0v) is 13.3. The van der Waals surface area contributed by atoms with Crippen LogP contribution in [-0.4, -0.2) is 5.91 Å². The topological polar surface area (TPSA) is 64.9 Å². The average molecular weight is 305 g/mol. The van der Waals surface area contributed by atoms with Gasteiger partial charge in [-0.15, -0.1) is 0 Å². The summed E-state index contributed by atoms with van der Waals surface area (Å²) in [6.45, 7) is 3.97. The van der Waals surface area contributed by atoms with Crippen molar-refractivity contribution >= 4 is 17.3 Å². The first-order valence-corrected chi connectivity index (χ1v) is 7.47. The summed E-state index contributed by atoms with van der Waals surface area (Å²) in [5.74, 6) is -0.417. The Labute approximate surface area is 136 Å². The number of nitrogens with one attached hydrogen (secondary N) is 2. The van der Waals surface area contributed by atoms with E-state index in [1.165, 1.54) is 6.20 Å². The molecule has 0 unspecified atom stereocenters. The van der Waals surface area contributed by atoms with E-state index < -0.39 is 5.91 Å². The van der Waals surface area contributed by atoms with Gasteiger partial charge in [0.15, 0.2) is 0 Å². The molecule has 0 radical (unpaired) electrons. The van der Waals surface area contributed by atoms with Crippen LogP contribution in [0.4, 0.5) is 11.4 Å². The fraction of sp³-hybridized carbons (Fsp3) is 0.158. The maximum absolute atomic E-state index is 12.3. The van der Waals surface area contributed by atoms with E-state index in [0.29, 0.717) is 0 Å². The second-order valence-corrected chi connectivity index (χ2v) is 5.10. The van der Waals surface area contributed by atoms with E-state index in [1.807, 2.05) is 68.4 Å². The first-order chi connectivity index (χ1) is 11.2. The number of rotatable bonds is 5. The van der Waals surface area contributed by atoms with Crippen molar-refractivity contribution < 1.29 is 4.79 Å². The number of para-hydroxylation sites is 2. The normalized spacial score (nSPS) is 10.7. The van der Waals surface area contributed by atoms with E-state index in [-0.39, 0.29) is 5.57 Å². The Kier molecular flexibility index (Phi) is 5.54. The van der Waals surface area contributed by atoms with Crippen molar-refractivity contribution in [1.82, 2.24) is 0 Å². The van der Waals surface area contributed by atoms with Crippen molar-refractivity contribution in [3.8, 4) is 6.07 Å². The molecule has 2 aromatic carbocycles. The number of amides is 1. The number of carbonyl (C=O) groups excluding carboxylic acids is 1. The second-order valence-electron chi connectivity index (χ2n) is 5.10. The molecule has 0 saturated carbocycles. The third kappa shape index (κ3) is 4.21. The first-order valence-electron chi connectivity index (χ1n) is 7.47. The molecule has 0 fully saturated rings. The quantitative estimate of drug-likeness (QED) is 0.648. The maximum atomic E-state index is 12.3. The third-order valence-electron chi connectivity index (χ3n) is 3.50. The van der Waals surface area contributed by atoms with Crippen molar-refractivity contribution in [3.05, 3.63) is 71.4 Å². The summed E-state index contributed by atoms with van der Waals surface area (Å²) < 4.78 is 0. The molecule has 1 amide bonds. The van der Waals surface area contributed by atoms with Crippen LogP contribution in [0.3, 0.4) is 0 Å². The van der Waals surface area contributed by atoms with Gasteiger partial charge in [0.1, 0.15) is 11.6 Å². The van der Waals surface area contributed by atoms with E-state index in [2.05, 4.69) is 10.6 Å². The minimum absolute atomic E-state index is 0.0270. The Morgan fingerprint density at radius 1 is 1.17 bits per heavy atom. The van der Waals surface area contributed by atoms with Gasteiger partial charge in [-0.1, -0.05) is 43.3 Å². The van der Waals surface area contributed by atoms with Gasteiger partial charge in [0.05, 0.1) is 0 Å². The van der Waals surface area contributed by atoms with E-state index in [9.17, 15) is 10.1 Å². The van der Waals surface area contributed by atoms with Gasteiger partial charge in [-0.2, -0.15) is 5.26 Å². The molecule has 0 saturated heterocycles. The van der Waals surface area contributed by atoms with Crippen molar-refractivity contribution in [2.45, 2.75) is 20.3 Å². The molecule has 23 heavy (non-hydrogen) atoms. The van der Waals surface area contributed by atoms with Gasteiger partial charge in [-0.3, -0.25) is 4.79 Å². The Hall–Kier alpha value is -3.06. The summed E-state index contributed by atoms with van der Waals surface area (Å²) in [7, 11) is 0. The number of nitrogens with zero attached hydrogens (tertiary/aromatic N) is 1. The summed E-state index contributed by atoms with van der Waals surface area (Å²) >= 11 is 0. The minimum atomic E-state index is -0.417. The zero-order chi connectivity index (χ0) is 16.7. The third-order valence-corrected chi connectivity index (χ3v) is 3.50. The molecule has 0 aliphatic heterocycles. The first kappa shape index (κ1) is 16.3. The molecule has 4 nitrogen and oxygen atoms in total. The van der Waals surface area contributed by atoms with Gasteiger partial charge in [0, 0.05) is 17.6 Å². The van der Waals surface area contributed by atoms with E-state index in [4.69, 9.17) is 0 Å². The van der Waals surface area contributed by atoms with Crippen LogP contribution in [0.25, 0.3) is 0 Å². The van der Waals surface area contributed by atoms with Gasteiger partial charge in [-0.05, 0) is 36.6 Å². The summed E-state index contributed by atoms with van der Waals surface area (Å²) in [6, 6.07) is 17.2. The monoisotopic (exact) mass is 305 g/mol. The number of hydrogen-bond acceptors (Lipinski definition) is 3. The largest absolute Gasteiger partial charge is 0.360 e. The van der Waals surface area contributed by atoms with Crippen molar-refractivity contribution in [2.75, 3.05) is 10.6 Å². The molecule has 2 aromatic rings. The Morgan fingerprint density at radius 2 is 1.91 bits per heavy atom. The molecule has 0 spiro atoms. The number of anilines is 2. The number of nitriles is 1. The molecular weight excluding hydrogens is 286 g/mol. The summed E-state index contributed by atoms with van der Waals surface area (Å²) in [5.41, 5.74) is 3.65. The fourth-order valence-corrected chi connectivity index (χ4v) is 2.22. The van der Waals surface area contributed by atoms with E-state index >= 15 is 0 Å². The van der Waals surface area contributed by atoms with Gasteiger partial charge < -0.3 is 10.6 Å². The van der Waals surface area contributed by atoms with Crippen LogP contribution in [-0.2, 0) is 11.2 Å². The van der Waals surface area contributed by atoms with Crippen molar-refractivity contribution in [2.24, 2.45) is 0 Å². The van der Waals surface area contributed by atoms with Gasteiger partial charge in [0.2, 0.25) is 0 Å². The zero-order valence-electron chi connectivity index (χ0n) is 13.3. The second kappa shape index (κ2) is 7.81. The van der Waals surface area contributed by atoms with Gasteiger partial charge in [0.25, 0.3) is 5.91 Å². The Morgan fingerprint density at radius 3 is 2.57 bits per heavy atom. The van der Waals surface area contributed by atoms with Crippen LogP contribution in [0, 0.1) is 18.3 Å². The number of hydrogen-bond donors (Lipinski definition) is 2. The molecule has 0 aliphatic carbocycles. The van der Waals surface area contributed by atoms with E-state index in [0.717, 1.165) is 28.9 Å². The smallest absolute Gasteiger partial charge is 0.267 e. The standard InChI is InChI=1S/C19H19N3O/c1-3-15-9-7-8-14(2)18(15)22-19(23)16(12-20)13-21-17-10-5-4-6-11-17/h4-11,13,21H,3H2,1-2H3,(H,22,23)/b16-13-. The van der Waals surface area contributed by atoms with Crippen LogP contribution in [0.2, 0.25) is 0 Å². The highest BCUT2D eigenvalue weighted by Crippen LogP contribution is 2.21. The molecular formula is C19H19N3O. The highest BCUT2D eigenvalue weighted by Gasteiger charge is 2.12. The number of benzene rings is 2. The van der Waals surface area contributed by atoms with Gasteiger partial charge in [-0.25, -0.2) is 0 Å². The maximum Gasteiger partial charge on any atom is 0.267 e. The molecule has 0 heterocycles. The summed E-state index contributed by atoms with van der Waals surface area (Å²) in [5, 5.41) is 15.0. The van der Waals surface area contributed by atoms with Gasteiger partial charge >= 0.3 is 0 Å². The van der Waals surface area contributed by atoms with Crippen LogP contribution < -0.4 is 10.6 Å². The minimum Gasteiger partial charge on any atom is -0.360 e. The number of carbonyl (C=O) groups is 1. The molecule has 0 bridgehead atoms. The van der Waals surface area contributed by atoms with Crippen LogP contribution in [0.5, 0.6) is 0 Å². The summed E-state index contributed by atoms with van der Waals surface area (Å²) in [4.78, 5) is 12.3. The lowest BCUT2D eigenvalue weighted by atomic mass is 10.1. The highest BCUT2D eigenvalue weighted by molar-refractivity contribution is 6.07. The fourth-order valence-electron chi connectivity index (χ4n) is 2.22. The SMILES string of the molecule is CCc1cccc(C)c1NC(=O)/C(C#N)=C\Nc1ccccc1. The van der Waals surface area contributed by atoms with Crippen molar-refractivity contribution in [3.63, 3.8) is 0 Å². The summed E-state index contributed by atoms with van der Waals surface area (Å²) in [6.07, 6.45) is 2.24. The molecule has 0 aromatic heterocycles. The molecule has 116 valence electrons. The van der Waals surface area contributed by atoms with Crippen LogP contribution in [0.1, 0.15) is 18.1 Å². The predicted molar refractivity (Wildman–Crippen MR) is 92.9 cm³/mol. The van der Waals surface area contributed by atoms with E-state index in [1.54, 1.807) is 0 Å². The lowest BCUT2D eigenvalue weighted by Gasteiger charge is -2.12. The lowest BCUT2D eigenvalue weighted by molar-refractivity contribution is -0.112. The Balaban J connectivity index is 2.17. The molecule has 0 atom stereocenters. The average Bonchev–Trinajstić information content (AvgIpc) is 2.58. The number of aryl methyl sites for hydroxylation is 2. The molecule has 2 rings (SSSR count). The molecule has 4 heteroatoms. The van der Waals surface area contributed by atoms with Crippen LogP contribution in [0.15, 0.2) is 60.3 Å². The molecule has 2 N–H and O–H groups in total. The molecule has 0 aliphatic rings. The highest BCUT2D eigenvalue weighted by atomic mass is 16.1. The predicted octanol–water partition coefficient (Wildman–Crippen LogP) is 4.02.